The number of amides is 1. The summed E-state index contributed by atoms with van der Waals surface area (Å²) in [5, 5.41) is 21.0. The van der Waals surface area contributed by atoms with Gasteiger partial charge in [-0.2, -0.15) is 5.10 Å². The highest BCUT2D eigenvalue weighted by Crippen LogP contribution is 2.31. The Labute approximate surface area is 208 Å². The standard InChI is InChI=1S/C27H28FN5O3/c1-4-17-9-18(10-22(28)25(17)26(35)31-27(15-34)13-29-14-27)23-11-20(7-8-30-23)36-19-5-6-21-16(2)32-33(3)24(21)12-19/h5-12,29,34H,4,13-15H2,1-3H3,(H,31,35). The normalized spacial score (nSPS) is 14.5. The summed E-state index contributed by atoms with van der Waals surface area (Å²) in [6.07, 6.45) is 2.06. The van der Waals surface area contributed by atoms with Crippen LogP contribution in [0.2, 0.25) is 0 Å². The number of aliphatic hydroxyl groups is 1. The van der Waals surface area contributed by atoms with Gasteiger partial charge in [-0.1, -0.05) is 6.92 Å². The Morgan fingerprint density at radius 1 is 1.22 bits per heavy atom. The maximum atomic E-state index is 15.3. The van der Waals surface area contributed by atoms with Gasteiger partial charge in [0.15, 0.2) is 0 Å². The van der Waals surface area contributed by atoms with Crippen molar-refractivity contribution < 1.29 is 19.0 Å². The lowest BCUT2D eigenvalue weighted by Crippen LogP contribution is -2.71. The molecule has 1 fully saturated rings. The minimum atomic E-state index is -0.752. The highest BCUT2D eigenvalue weighted by atomic mass is 19.1. The average molecular weight is 490 g/mol. The van der Waals surface area contributed by atoms with E-state index >= 15 is 4.39 Å². The van der Waals surface area contributed by atoms with E-state index in [-0.39, 0.29) is 12.2 Å². The first-order valence-electron chi connectivity index (χ1n) is 11.9. The number of carbonyl (C=O) groups is 1. The zero-order valence-corrected chi connectivity index (χ0v) is 20.4. The van der Waals surface area contributed by atoms with Crippen LogP contribution in [0.3, 0.4) is 0 Å². The van der Waals surface area contributed by atoms with Crippen molar-refractivity contribution in [2.45, 2.75) is 25.8 Å². The van der Waals surface area contributed by atoms with E-state index < -0.39 is 17.3 Å². The van der Waals surface area contributed by atoms with E-state index in [1.165, 1.54) is 6.07 Å². The Balaban J connectivity index is 1.42. The number of nitrogens with one attached hydrogen (secondary N) is 2. The van der Waals surface area contributed by atoms with Gasteiger partial charge >= 0.3 is 0 Å². The lowest BCUT2D eigenvalue weighted by molar-refractivity contribution is 0.0717. The second kappa shape index (κ2) is 9.33. The molecule has 0 unspecified atom stereocenters. The monoisotopic (exact) mass is 489 g/mol. The van der Waals surface area contributed by atoms with Crippen molar-refractivity contribution in [3.05, 3.63) is 71.3 Å². The van der Waals surface area contributed by atoms with E-state index in [2.05, 4.69) is 20.7 Å². The molecule has 4 aromatic rings. The van der Waals surface area contributed by atoms with Crippen LogP contribution in [-0.2, 0) is 13.5 Å². The van der Waals surface area contributed by atoms with Crippen LogP contribution >= 0.6 is 0 Å². The van der Waals surface area contributed by atoms with Crippen molar-refractivity contribution in [3.63, 3.8) is 0 Å². The second-order valence-corrected chi connectivity index (χ2v) is 9.21. The summed E-state index contributed by atoms with van der Waals surface area (Å²) < 4.78 is 23.2. The lowest BCUT2D eigenvalue weighted by Gasteiger charge is -2.41. The van der Waals surface area contributed by atoms with Gasteiger partial charge in [0.2, 0.25) is 0 Å². The fourth-order valence-corrected chi connectivity index (χ4v) is 4.56. The van der Waals surface area contributed by atoms with E-state index in [1.807, 2.05) is 43.8 Å². The number of aromatic nitrogens is 3. The molecule has 0 atom stereocenters. The van der Waals surface area contributed by atoms with E-state index in [1.54, 1.807) is 24.4 Å². The first kappa shape index (κ1) is 23.9. The predicted molar refractivity (Wildman–Crippen MR) is 135 cm³/mol. The maximum Gasteiger partial charge on any atom is 0.255 e. The van der Waals surface area contributed by atoms with Gasteiger partial charge in [0.1, 0.15) is 17.3 Å². The molecule has 0 spiro atoms. The molecule has 2 aromatic carbocycles. The molecule has 1 amide bonds. The Hall–Kier alpha value is -3.82. The number of aliphatic hydroxyl groups excluding tert-OH is 1. The molecule has 0 radical (unpaired) electrons. The third kappa shape index (κ3) is 4.31. The van der Waals surface area contributed by atoms with Gasteiger partial charge in [-0.25, -0.2) is 4.39 Å². The molecule has 9 heteroatoms. The number of aryl methyl sites for hydroxylation is 3. The molecular weight excluding hydrogens is 461 g/mol. The zero-order chi connectivity index (χ0) is 25.4. The summed E-state index contributed by atoms with van der Waals surface area (Å²) in [4.78, 5) is 17.3. The molecule has 0 saturated carbocycles. The van der Waals surface area contributed by atoms with Crippen molar-refractivity contribution in [3.8, 4) is 22.8 Å². The van der Waals surface area contributed by atoms with E-state index in [9.17, 15) is 9.90 Å². The molecule has 8 nitrogen and oxygen atoms in total. The summed E-state index contributed by atoms with van der Waals surface area (Å²) in [7, 11) is 1.89. The molecule has 3 N–H and O–H groups in total. The van der Waals surface area contributed by atoms with E-state index in [4.69, 9.17) is 4.74 Å². The number of hydrogen-bond donors (Lipinski definition) is 3. The average Bonchev–Trinajstić information content (AvgIpc) is 3.13. The van der Waals surface area contributed by atoms with E-state index in [0.717, 1.165) is 16.6 Å². The Morgan fingerprint density at radius 3 is 2.69 bits per heavy atom. The van der Waals surface area contributed by atoms with Crippen LogP contribution in [0.25, 0.3) is 22.2 Å². The summed E-state index contributed by atoms with van der Waals surface area (Å²) in [6.45, 7) is 4.51. The fraction of sp³-hybridized carbons (Fsp3) is 0.296. The molecule has 2 aromatic heterocycles. The predicted octanol–water partition coefficient (Wildman–Crippen LogP) is 3.50. The second-order valence-electron chi connectivity index (χ2n) is 9.21. The molecule has 1 aliphatic rings. The molecule has 186 valence electrons. The van der Waals surface area contributed by atoms with Crippen LogP contribution in [0.15, 0.2) is 48.7 Å². The molecule has 3 heterocycles. The van der Waals surface area contributed by atoms with Gasteiger partial charge < -0.3 is 20.5 Å². The molecule has 36 heavy (non-hydrogen) atoms. The number of hydrogen-bond acceptors (Lipinski definition) is 6. The minimum Gasteiger partial charge on any atom is -0.457 e. The van der Waals surface area contributed by atoms with Gasteiger partial charge in [0.05, 0.1) is 34.6 Å². The van der Waals surface area contributed by atoms with Gasteiger partial charge in [0.25, 0.3) is 5.91 Å². The number of nitrogens with zero attached hydrogens (tertiary/aromatic N) is 3. The smallest absolute Gasteiger partial charge is 0.255 e. The number of pyridine rings is 1. The molecule has 0 bridgehead atoms. The largest absolute Gasteiger partial charge is 0.457 e. The first-order valence-corrected chi connectivity index (χ1v) is 11.9. The molecule has 1 saturated heterocycles. The highest BCUT2D eigenvalue weighted by molar-refractivity contribution is 5.97. The van der Waals surface area contributed by atoms with Crippen LogP contribution in [0.4, 0.5) is 4.39 Å². The highest BCUT2D eigenvalue weighted by Gasteiger charge is 2.38. The third-order valence-electron chi connectivity index (χ3n) is 6.66. The van der Waals surface area contributed by atoms with Crippen LogP contribution in [0.1, 0.15) is 28.5 Å². The number of fused-ring (bicyclic) bond motifs is 1. The Morgan fingerprint density at radius 2 is 2.00 bits per heavy atom. The van der Waals surface area contributed by atoms with Crippen molar-refractivity contribution in [1.29, 1.82) is 0 Å². The van der Waals surface area contributed by atoms with E-state index in [0.29, 0.717) is 47.8 Å². The Kier molecular flexibility index (Phi) is 6.19. The number of ether oxygens (including phenoxy) is 1. The molecule has 1 aliphatic heterocycles. The van der Waals surface area contributed by atoms with Gasteiger partial charge in [-0.05, 0) is 49.2 Å². The number of rotatable bonds is 7. The maximum absolute atomic E-state index is 15.3. The SMILES string of the molecule is CCc1cc(-c2cc(Oc3ccc4c(C)nn(C)c4c3)ccn2)cc(F)c1C(=O)NC1(CO)CNC1. The van der Waals surface area contributed by atoms with Crippen LogP contribution < -0.4 is 15.4 Å². The van der Waals surface area contributed by atoms with Crippen molar-refractivity contribution >= 4 is 16.8 Å². The molecular formula is C27H28FN5O3. The summed E-state index contributed by atoms with van der Waals surface area (Å²) in [6, 6.07) is 12.4. The number of halogens is 1. The zero-order valence-electron chi connectivity index (χ0n) is 20.4. The van der Waals surface area contributed by atoms with Crippen molar-refractivity contribution in [2.24, 2.45) is 7.05 Å². The van der Waals surface area contributed by atoms with Gasteiger partial charge in [0, 0.05) is 49.4 Å². The quantitative estimate of drug-likeness (QED) is 0.367. The number of carbonyl (C=O) groups excluding carboxylic acids is 1. The van der Waals surface area contributed by atoms with Gasteiger partial charge in [-0.3, -0.25) is 14.5 Å². The van der Waals surface area contributed by atoms with Crippen molar-refractivity contribution in [2.75, 3.05) is 19.7 Å². The van der Waals surface area contributed by atoms with Crippen LogP contribution in [0, 0.1) is 12.7 Å². The lowest BCUT2D eigenvalue weighted by atomic mass is 9.92. The van der Waals surface area contributed by atoms with Crippen LogP contribution in [0.5, 0.6) is 11.5 Å². The topological polar surface area (TPSA) is 101 Å². The number of benzene rings is 2. The summed E-state index contributed by atoms with van der Waals surface area (Å²) in [5.41, 5.74) is 2.79. The Bertz CT molecular complexity index is 1460. The third-order valence-corrected chi connectivity index (χ3v) is 6.66. The molecule has 5 rings (SSSR count). The van der Waals surface area contributed by atoms with Crippen LogP contribution in [-0.4, -0.2) is 51.0 Å². The fourth-order valence-electron chi connectivity index (χ4n) is 4.56. The minimum absolute atomic E-state index is 0.00634. The summed E-state index contributed by atoms with van der Waals surface area (Å²) >= 11 is 0. The first-order chi connectivity index (χ1) is 17.3. The summed E-state index contributed by atoms with van der Waals surface area (Å²) in [5.74, 6) is 0.0453. The van der Waals surface area contributed by atoms with Crippen molar-refractivity contribution in [1.82, 2.24) is 25.4 Å². The van der Waals surface area contributed by atoms with Gasteiger partial charge in [-0.15, -0.1) is 0 Å². The molecule has 0 aliphatic carbocycles.